The zero-order chi connectivity index (χ0) is 19.2. The van der Waals surface area contributed by atoms with Crippen LogP contribution in [0.3, 0.4) is 0 Å². The largest absolute Gasteiger partial charge is 0.324 e. The number of rotatable bonds is 6. The molecule has 1 aromatic heterocycles. The van der Waals surface area contributed by atoms with E-state index in [1.807, 2.05) is 42.5 Å². The van der Waals surface area contributed by atoms with Crippen LogP contribution in [-0.2, 0) is 0 Å². The third kappa shape index (κ3) is 4.82. The van der Waals surface area contributed by atoms with Crippen molar-refractivity contribution in [2.24, 2.45) is 0 Å². The molecule has 3 aromatic rings. The first-order chi connectivity index (χ1) is 13.1. The van der Waals surface area contributed by atoms with Crippen molar-refractivity contribution < 1.29 is 0 Å². The molecule has 0 amide bonds. The van der Waals surface area contributed by atoms with Gasteiger partial charge in [0.15, 0.2) is 0 Å². The van der Waals surface area contributed by atoms with E-state index in [0.29, 0.717) is 16.5 Å². The summed E-state index contributed by atoms with van der Waals surface area (Å²) in [6.07, 6.45) is 1.72. The van der Waals surface area contributed by atoms with Gasteiger partial charge in [-0.25, -0.2) is 9.97 Å². The zero-order valence-corrected chi connectivity index (χ0v) is 15.9. The highest BCUT2D eigenvalue weighted by molar-refractivity contribution is 6.31. The first-order valence-electron chi connectivity index (χ1n) is 8.67. The predicted molar refractivity (Wildman–Crippen MR) is 108 cm³/mol. The van der Waals surface area contributed by atoms with Crippen LogP contribution in [0.4, 0.5) is 11.6 Å². The number of anilines is 2. The van der Waals surface area contributed by atoms with Gasteiger partial charge in [0, 0.05) is 22.9 Å². The molecule has 0 aliphatic carbocycles. The number of aromatic nitrogens is 2. The van der Waals surface area contributed by atoms with Crippen LogP contribution in [0.15, 0.2) is 60.8 Å². The molecule has 2 aromatic carbocycles. The monoisotopic (exact) mass is 377 g/mol. The summed E-state index contributed by atoms with van der Waals surface area (Å²) in [5, 5.41) is 16.3. The Morgan fingerprint density at radius 1 is 1.04 bits per heavy atom. The fourth-order valence-corrected chi connectivity index (χ4v) is 2.97. The van der Waals surface area contributed by atoms with Crippen molar-refractivity contribution in [2.45, 2.75) is 25.9 Å². The summed E-state index contributed by atoms with van der Waals surface area (Å²) >= 11 is 6.43. The van der Waals surface area contributed by atoms with E-state index in [-0.39, 0.29) is 12.1 Å². The summed E-state index contributed by atoms with van der Waals surface area (Å²) in [6, 6.07) is 19.0. The standard InChI is InChI=1S/C21H20ClN5/c1-14(2)25-20(17-5-3-4-6-18(17)22)19-11-12-24-21(27-19)26-16-9-7-15(13-23)8-10-16/h3-12,14,20,25H,1-2H3,(H,24,26,27). The summed E-state index contributed by atoms with van der Waals surface area (Å²) in [4.78, 5) is 8.98. The second-order valence-corrected chi connectivity index (χ2v) is 6.80. The molecule has 5 nitrogen and oxygen atoms in total. The maximum atomic E-state index is 8.91. The quantitative estimate of drug-likeness (QED) is 0.643. The summed E-state index contributed by atoms with van der Waals surface area (Å²) in [7, 11) is 0. The lowest BCUT2D eigenvalue weighted by molar-refractivity contribution is 0.520. The first kappa shape index (κ1) is 18.8. The van der Waals surface area contributed by atoms with Crippen LogP contribution >= 0.6 is 11.6 Å². The lowest BCUT2D eigenvalue weighted by atomic mass is 10.0. The van der Waals surface area contributed by atoms with Crippen LogP contribution in [0.25, 0.3) is 0 Å². The van der Waals surface area contributed by atoms with Crippen LogP contribution in [0.5, 0.6) is 0 Å². The molecule has 0 saturated carbocycles. The third-order valence-corrected chi connectivity index (χ3v) is 4.30. The Balaban J connectivity index is 1.91. The van der Waals surface area contributed by atoms with Crippen molar-refractivity contribution in [2.75, 3.05) is 5.32 Å². The van der Waals surface area contributed by atoms with Gasteiger partial charge in [0.25, 0.3) is 0 Å². The molecule has 27 heavy (non-hydrogen) atoms. The average molecular weight is 378 g/mol. The first-order valence-corrected chi connectivity index (χ1v) is 9.05. The molecule has 0 radical (unpaired) electrons. The molecular formula is C21H20ClN5. The van der Waals surface area contributed by atoms with Crippen molar-refractivity contribution in [3.63, 3.8) is 0 Å². The van der Waals surface area contributed by atoms with E-state index in [1.54, 1.807) is 18.3 Å². The molecule has 1 unspecified atom stereocenters. The topological polar surface area (TPSA) is 73.6 Å². The minimum Gasteiger partial charge on any atom is -0.324 e. The molecule has 1 atom stereocenters. The minimum absolute atomic E-state index is 0.150. The normalized spacial score (nSPS) is 11.8. The zero-order valence-electron chi connectivity index (χ0n) is 15.1. The minimum atomic E-state index is -0.150. The Bertz CT molecular complexity index is 947. The molecule has 0 aliphatic rings. The summed E-state index contributed by atoms with van der Waals surface area (Å²) in [6.45, 7) is 4.17. The molecule has 136 valence electrons. The Morgan fingerprint density at radius 3 is 2.44 bits per heavy atom. The van der Waals surface area contributed by atoms with E-state index in [1.165, 1.54) is 0 Å². The molecule has 1 heterocycles. The molecule has 3 rings (SSSR count). The molecule has 0 aliphatic heterocycles. The van der Waals surface area contributed by atoms with Gasteiger partial charge < -0.3 is 10.6 Å². The molecular weight excluding hydrogens is 358 g/mol. The Morgan fingerprint density at radius 2 is 1.78 bits per heavy atom. The predicted octanol–water partition coefficient (Wildman–Crippen LogP) is 4.83. The van der Waals surface area contributed by atoms with Crippen LogP contribution in [0.2, 0.25) is 5.02 Å². The number of hydrogen-bond donors (Lipinski definition) is 2. The molecule has 2 N–H and O–H groups in total. The van der Waals surface area contributed by atoms with Crippen molar-refractivity contribution in [3.05, 3.63) is 82.6 Å². The molecule has 0 bridgehead atoms. The Kier molecular flexibility index (Phi) is 6.02. The van der Waals surface area contributed by atoms with Crippen molar-refractivity contribution in [3.8, 4) is 6.07 Å². The van der Waals surface area contributed by atoms with Crippen molar-refractivity contribution >= 4 is 23.2 Å². The van der Waals surface area contributed by atoms with Gasteiger partial charge in [-0.2, -0.15) is 5.26 Å². The second-order valence-electron chi connectivity index (χ2n) is 6.40. The maximum Gasteiger partial charge on any atom is 0.227 e. The van der Waals surface area contributed by atoms with E-state index in [0.717, 1.165) is 16.9 Å². The van der Waals surface area contributed by atoms with Crippen LogP contribution in [-0.4, -0.2) is 16.0 Å². The van der Waals surface area contributed by atoms with Crippen molar-refractivity contribution in [1.82, 2.24) is 15.3 Å². The average Bonchev–Trinajstić information content (AvgIpc) is 2.67. The summed E-state index contributed by atoms with van der Waals surface area (Å²) in [5.41, 5.74) is 3.21. The highest BCUT2D eigenvalue weighted by Crippen LogP contribution is 2.28. The fourth-order valence-electron chi connectivity index (χ4n) is 2.73. The lowest BCUT2D eigenvalue weighted by Crippen LogP contribution is -2.30. The van der Waals surface area contributed by atoms with E-state index < -0.39 is 0 Å². The number of halogens is 1. The van der Waals surface area contributed by atoms with Gasteiger partial charge in [-0.3, -0.25) is 0 Å². The highest BCUT2D eigenvalue weighted by atomic mass is 35.5. The van der Waals surface area contributed by atoms with Gasteiger partial charge in [-0.15, -0.1) is 0 Å². The lowest BCUT2D eigenvalue weighted by Gasteiger charge is -2.22. The van der Waals surface area contributed by atoms with Gasteiger partial charge in [0.05, 0.1) is 23.4 Å². The van der Waals surface area contributed by atoms with Gasteiger partial charge in [0.1, 0.15) is 0 Å². The molecule has 6 heteroatoms. The smallest absolute Gasteiger partial charge is 0.227 e. The molecule has 0 saturated heterocycles. The van der Waals surface area contributed by atoms with E-state index in [9.17, 15) is 0 Å². The number of nitrogens with one attached hydrogen (secondary N) is 2. The summed E-state index contributed by atoms with van der Waals surface area (Å²) < 4.78 is 0. The van der Waals surface area contributed by atoms with Crippen LogP contribution in [0.1, 0.15) is 36.7 Å². The number of hydrogen-bond acceptors (Lipinski definition) is 5. The highest BCUT2D eigenvalue weighted by Gasteiger charge is 2.19. The summed E-state index contributed by atoms with van der Waals surface area (Å²) in [5.74, 6) is 0.486. The van der Waals surface area contributed by atoms with E-state index >= 15 is 0 Å². The second kappa shape index (κ2) is 8.63. The van der Waals surface area contributed by atoms with Gasteiger partial charge in [0.2, 0.25) is 5.95 Å². The molecule has 0 spiro atoms. The number of benzene rings is 2. The fraction of sp³-hybridized carbons (Fsp3) is 0.190. The van der Waals surface area contributed by atoms with Gasteiger partial charge >= 0.3 is 0 Å². The van der Waals surface area contributed by atoms with Crippen molar-refractivity contribution in [1.29, 1.82) is 5.26 Å². The number of nitriles is 1. The van der Waals surface area contributed by atoms with E-state index in [4.69, 9.17) is 16.9 Å². The maximum absolute atomic E-state index is 8.91. The van der Waals surface area contributed by atoms with Gasteiger partial charge in [-0.1, -0.05) is 29.8 Å². The third-order valence-electron chi connectivity index (χ3n) is 3.96. The number of nitrogens with zero attached hydrogens (tertiary/aromatic N) is 3. The molecule has 0 fully saturated rings. The van der Waals surface area contributed by atoms with E-state index in [2.05, 4.69) is 40.5 Å². The van der Waals surface area contributed by atoms with Crippen LogP contribution < -0.4 is 10.6 Å². The Labute approximate surface area is 164 Å². The van der Waals surface area contributed by atoms with Gasteiger partial charge in [-0.05, 0) is 55.8 Å². The van der Waals surface area contributed by atoms with Crippen LogP contribution in [0, 0.1) is 11.3 Å². The SMILES string of the molecule is CC(C)NC(c1ccnc(Nc2ccc(C#N)cc2)n1)c1ccccc1Cl. The Hall–Kier alpha value is -2.94.